The second kappa shape index (κ2) is 6.70. The Hall–Kier alpha value is -2.21. The molecule has 0 radical (unpaired) electrons. The number of amides is 1. The number of rotatable bonds is 6. The van der Waals surface area contributed by atoms with Crippen LogP contribution >= 0.6 is 0 Å². The minimum Gasteiger partial charge on any atom is -0.396 e. The summed E-state index contributed by atoms with van der Waals surface area (Å²) in [6.45, 7) is 4.39. The molecular weight excluding hydrogens is 282 g/mol. The number of benzene rings is 1. The predicted octanol–water partition coefficient (Wildman–Crippen LogP) is 0.921. The molecule has 1 heterocycles. The van der Waals surface area contributed by atoms with Crippen molar-refractivity contribution in [3.63, 3.8) is 0 Å². The Kier molecular flexibility index (Phi) is 4.92. The second-order valence-corrected chi connectivity index (χ2v) is 6.11. The van der Waals surface area contributed by atoms with Gasteiger partial charge in [-0.25, -0.2) is 4.98 Å². The third-order valence-electron chi connectivity index (χ3n) is 3.60. The lowest BCUT2D eigenvalue weighted by Gasteiger charge is -2.23. The van der Waals surface area contributed by atoms with Crippen LogP contribution in [0.25, 0.3) is 10.9 Å². The number of hydrogen-bond acceptors (Lipinski definition) is 4. The first-order valence-corrected chi connectivity index (χ1v) is 7.25. The van der Waals surface area contributed by atoms with E-state index >= 15 is 0 Å². The van der Waals surface area contributed by atoms with Crippen LogP contribution in [-0.2, 0) is 11.3 Å². The molecule has 0 aliphatic carbocycles. The number of hydrogen-bond donors (Lipinski definition) is 2. The lowest BCUT2D eigenvalue weighted by atomic mass is 9.90. The van der Waals surface area contributed by atoms with Crippen LogP contribution < -0.4 is 10.9 Å². The number of carbonyl (C=O) groups excluding carboxylic acids is 1. The Labute approximate surface area is 128 Å². The van der Waals surface area contributed by atoms with Gasteiger partial charge in [0.15, 0.2) is 0 Å². The molecule has 22 heavy (non-hydrogen) atoms. The Bertz CT molecular complexity index is 722. The van der Waals surface area contributed by atoms with Crippen LogP contribution in [0.4, 0.5) is 0 Å². The Morgan fingerprint density at radius 2 is 2.09 bits per heavy atom. The molecular formula is C16H21N3O3. The quantitative estimate of drug-likeness (QED) is 0.831. The molecule has 0 unspecified atom stereocenters. The number of para-hydroxylation sites is 1. The van der Waals surface area contributed by atoms with Gasteiger partial charge >= 0.3 is 0 Å². The summed E-state index contributed by atoms with van der Waals surface area (Å²) in [5, 5.41) is 12.3. The van der Waals surface area contributed by atoms with Gasteiger partial charge in [-0.15, -0.1) is 0 Å². The van der Waals surface area contributed by atoms with E-state index in [-0.39, 0.29) is 30.0 Å². The summed E-state index contributed by atoms with van der Waals surface area (Å²) >= 11 is 0. The van der Waals surface area contributed by atoms with Crippen LogP contribution in [0, 0.1) is 5.41 Å². The van der Waals surface area contributed by atoms with Crippen molar-refractivity contribution in [1.29, 1.82) is 0 Å². The summed E-state index contributed by atoms with van der Waals surface area (Å²) in [6.07, 6.45) is 1.99. The van der Waals surface area contributed by atoms with Crippen LogP contribution in [0.15, 0.2) is 35.4 Å². The maximum Gasteiger partial charge on any atom is 0.261 e. The average Bonchev–Trinajstić information content (AvgIpc) is 2.48. The summed E-state index contributed by atoms with van der Waals surface area (Å²) in [5.74, 6) is -0.245. The molecule has 0 saturated carbocycles. The summed E-state index contributed by atoms with van der Waals surface area (Å²) in [4.78, 5) is 28.5. The van der Waals surface area contributed by atoms with E-state index in [1.165, 1.54) is 10.9 Å². The fourth-order valence-corrected chi connectivity index (χ4v) is 2.16. The molecule has 2 rings (SSSR count). The molecule has 0 fully saturated rings. The van der Waals surface area contributed by atoms with E-state index in [4.69, 9.17) is 5.11 Å². The van der Waals surface area contributed by atoms with Crippen molar-refractivity contribution < 1.29 is 9.90 Å². The maximum absolute atomic E-state index is 12.3. The Balaban J connectivity index is 2.06. The zero-order valence-electron chi connectivity index (χ0n) is 12.9. The number of fused-ring (bicyclic) bond motifs is 1. The lowest BCUT2D eigenvalue weighted by Crippen LogP contribution is -2.38. The number of aliphatic hydroxyl groups is 1. The van der Waals surface area contributed by atoms with Crippen molar-refractivity contribution in [3.05, 3.63) is 40.9 Å². The summed E-state index contributed by atoms with van der Waals surface area (Å²) in [6, 6.07) is 7.05. The smallest absolute Gasteiger partial charge is 0.261 e. The Morgan fingerprint density at radius 3 is 2.82 bits per heavy atom. The number of nitrogens with zero attached hydrogens (tertiary/aromatic N) is 2. The standard InChI is InChI=1S/C16H21N3O3/c1-16(2,7-8-20)10-17-14(21)9-19-11-18-13-6-4-3-5-12(13)15(19)22/h3-6,11,20H,7-10H2,1-2H3,(H,17,21). The molecule has 118 valence electrons. The van der Waals surface area contributed by atoms with Crippen molar-refractivity contribution in [2.24, 2.45) is 5.41 Å². The fraction of sp³-hybridized carbons (Fsp3) is 0.438. The number of nitrogens with one attached hydrogen (secondary N) is 1. The van der Waals surface area contributed by atoms with Gasteiger partial charge < -0.3 is 10.4 Å². The van der Waals surface area contributed by atoms with Gasteiger partial charge in [-0.05, 0) is 24.0 Å². The summed E-state index contributed by atoms with van der Waals surface area (Å²) in [5.41, 5.74) is 0.209. The highest BCUT2D eigenvalue weighted by Gasteiger charge is 2.18. The van der Waals surface area contributed by atoms with E-state index < -0.39 is 0 Å². The van der Waals surface area contributed by atoms with E-state index in [1.807, 2.05) is 19.9 Å². The molecule has 0 spiro atoms. The normalized spacial score (nSPS) is 11.6. The molecule has 1 aromatic heterocycles. The first-order valence-electron chi connectivity index (χ1n) is 7.25. The second-order valence-electron chi connectivity index (χ2n) is 6.11. The lowest BCUT2D eigenvalue weighted by molar-refractivity contribution is -0.122. The topological polar surface area (TPSA) is 84.2 Å². The van der Waals surface area contributed by atoms with Gasteiger partial charge in [0, 0.05) is 13.2 Å². The summed E-state index contributed by atoms with van der Waals surface area (Å²) in [7, 11) is 0. The zero-order chi connectivity index (χ0) is 16.2. The van der Waals surface area contributed by atoms with Crippen LogP contribution in [0.3, 0.4) is 0 Å². The van der Waals surface area contributed by atoms with Crippen molar-refractivity contribution in [2.75, 3.05) is 13.2 Å². The number of carbonyl (C=O) groups is 1. The highest BCUT2D eigenvalue weighted by Crippen LogP contribution is 2.17. The molecule has 1 amide bonds. The monoisotopic (exact) mass is 303 g/mol. The van der Waals surface area contributed by atoms with Gasteiger partial charge in [0.25, 0.3) is 5.56 Å². The third-order valence-corrected chi connectivity index (χ3v) is 3.60. The molecule has 0 atom stereocenters. The average molecular weight is 303 g/mol. The van der Waals surface area contributed by atoms with Gasteiger partial charge in [0.2, 0.25) is 5.91 Å². The highest BCUT2D eigenvalue weighted by atomic mass is 16.3. The van der Waals surface area contributed by atoms with E-state index in [0.29, 0.717) is 23.9 Å². The van der Waals surface area contributed by atoms with Gasteiger partial charge in [-0.2, -0.15) is 0 Å². The van der Waals surface area contributed by atoms with E-state index in [1.54, 1.807) is 18.2 Å². The van der Waals surface area contributed by atoms with Crippen molar-refractivity contribution in [3.8, 4) is 0 Å². The van der Waals surface area contributed by atoms with Gasteiger partial charge in [-0.3, -0.25) is 14.2 Å². The molecule has 6 nitrogen and oxygen atoms in total. The maximum atomic E-state index is 12.3. The van der Waals surface area contributed by atoms with Gasteiger partial charge in [0.05, 0.1) is 17.2 Å². The van der Waals surface area contributed by atoms with E-state index in [9.17, 15) is 9.59 Å². The number of aliphatic hydroxyl groups excluding tert-OH is 1. The molecule has 0 aliphatic heterocycles. The molecule has 1 aromatic carbocycles. The fourth-order valence-electron chi connectivity index (χ4n) is 2.16. The third kappa shape index (κ3) is 3.92. The molecule has 0 bridgehead atoms. The Morgan fingerprint density at radius 1 is 1.36 bits per heavy atom. The molecule has 0 saturated heterocycles. The minimum absolute atomic E-state index is 0.0636. The van der Waals surface area contributed by atoms with Gasteiger partial charge in [0.1, 0.15) is 6.54 Å². The SMILES string of the molecule is CC(C)(CCO)CNC(=O)Cn1cnc2ccccc2c1=O. The van der Waals surface area contributed by atoms with Crippen LogP contribution in [0.1, 0.15) is 20.3 Å². The zero-order valence-corrected chi connectivity index (χ0v) is 12.9. The highest BCUT2D eigenvalue weighted by molar-refractivity contribution is 5.78. The molecule has 2 N–H and O–H groups in total. The summed E-state index contributed by atoms with van der Waals surface area (Å²) < 4.78 is 1.30. The van der Waals surface area contributed by atoms with Crippen LogP contribution in [0.2, 0.25) is 0 Å². The molecule has 0 aliphatic rings. The van der Waals surface area contributed by atoms with Crippen molar-refractivity contribution in [1.82, 2.24) is 14.9 Å². The largest absolute Gasteiger partial charge is 0.396 e. The first-order chi connectivity index (χ1) is 10.4. The van der Waals surface area contributed by atoms with Crippen molar-refractivity contribution in [2.45, 2.75) is 26.8 Å². The molecule has 6 heteroatoms. The van der Waals surface area contributed by atoms with Gasteiger partial charge in [-0.1, -0.05) is 26.0 Å². The van der Waals surface area contributed by atoms with Crippen LogP contribution in [-0.4, -0.2) is 33.7 Å². The van der Waals surface area contributed by atoms with E-state index in [2.05, 4.69) is 10.3 Å². The number of aromatic nitrogens is 2. The molecule has 2 aromatic rings. The van der Waals surface area contributed by atoms with Crippen molar-refractivity contribution >= 4 is 16.8 Å². The minimum atomic E-state index is -0.245. The predicted molar refractivity (Wildman–Crippen MR) is 84.5 cm³/mol. The van der Waals surface area contributed by atoms with E-state index in [0.717, 1.165) is 0 Å². The first kappa shape index (κ1) is 16.2. The van der Waals surface area contributed by atoms with Crippen LogP contribution in [0.5, 0.6) is 0 Å².